The van der Waals surface area contributed by atoms with Crippen LogP contribution in [0.1, 0.15) is 84.6 Å². The number of fused-ring (bicyclic) bond motifs is 3. The van der Waals surface area contributed by atoms with Crippen LogP contribution in [0.4, 0.5) is 11.4 Å². The molecule has 0 saturated carbocycles. The first-order valence-electron chi connectivity index (χ1n) is 19.4. The fourth-order valence-electron chi connectivity index (χ4n) is 7.57. The van der Waals surface area contributed by atoms with Crippen LogP contribution in [0.3, 0.4) is 0 Å². The van der Waals surface area contributed by atoms with Crippen molar-refractivity contribution < 1.29 is 25.8 Å². The Balaban J connectivity index is 0.00000496. The first kappa shape index (κ1) is 40.1. The maximum atomic E-state index is 6.79. The van der Waals surface area contributed by atoms with Crippen molar-refractivity contribution in [2.45, 2.75) is 87.0 Å². The van der Waals surface area contributed by atoms with E-state index in [1.165, 1.54) is 5.56 Å². The zero-order valence-corrected chi connectivity index (χ0v) is 37.1. The van der Waals surface area contributed by atoms with Gasteiger partial charge in [-0.3, -0.25) is 4.57 Å². The predicted molar refractivity (Wildman–Crippen MR) is 230 cm³/mol. The number of anilines is 2. The number of rotatable bonds is 6. The molecule has 0 aliphatic carbocycles. The van der Waals surface area contributed by atoms with Crippen LogP contribution in [-0.2, 0) is 31.9 Å². The van der Waals surface area contributed by atoms with Crippen molar-refractivity contribution in [1.29, 1.82) is 0 Å². The van der Waals surface area contributed by atoms with Crippen molar-refractivity contribution in [3.8, 4) is 23.1 Å². The Kier molecular flexibility index (Phi) is 10.3. The molecule has 0 saturated heterocycles. The fourth-order valence-corrected chi connectivity index (χ4v) is 7.57. The Bertz CT molecular complexity index is 2630. The zero-order valence-electron chi connectivity index (χ0n) is 34.8. The van der Waals surface area contributed by atoms with E-state index in [-0.39, 0.29) is 37.3 Å². The maximum Gasteiger partial charge on any atom is 0.238 e. The molecular weight excluding hydrogens is 884 g/mol. The zero-order chi connectivity index (χ0) is 39.7. The molecule has 0 atom stereocenters. The van der Waals surface area contributed by atoms with E-state index in [4.69, 9.17) is 4.74 Å². The second kappa shape index (κ2) is 14.7. The molecular formula is C49H51N6OPt-3. The molecule has 0 radical (unpaired) electrons. The molecule has 8 heteroatoms. The van der Waals surface area contributed by atoms with E-state index in [0.717, 1.165) is 61.3 Å². The molecule has 8 rings (SSSR count). The van der Waals surface area contributed by atoms with Crippen molar-refractivity contribution in [2.24, 2.45) is 5.41 Å². The SMILES string of the molecule is Cc1cccc(C)c1-n1cnnc1-n1c2[c-]c(Oc3[c-]c(N4[CH-]N(c5cccc(C(C)(C)C)c5)C=C4C(C)(C)C)cc(C(C)(C)C)c3)ccc2c2ccccc21.[Pt]. The minimum Gasteiger partial charge on any atom is -0.509 e. The number of allylic oxidation sites excluding steroid dienone is 1. The molecule has 5 aromatic carbocycles. The molecule has 2 aromatic heterocycles. The summed E-state index contributed by atoms with van der Waals surface area (Å²) in [6.45, 7) is 26.6. The van der Waals surface area contributed by atoms with E-state index in [1.807, 2.05) is 6.07 Å². The van der Waals surface area contributed by atoms with Gasteiger partial charge in [0, 0.05) is 54.9 Å². The smallest absolute Gasteiger partial charge is 0.238 e. The minimum atomic E-state index is -0.150. The molecule has 0 spiro atoms. The van der Waals surface area contributed by atoms with Crippen LogP contribution in [0.5, 0.6) is 11.5 Å². The Labute approximate surface area is 352 Å². The Morgan fingerprint density at radius 1 is 0.667 bits per heavy atom. The van der Waals surface area contributed by atoms with Crippen molar-refractivity contribution >= 4 is 33.2 Å². The van der Waals surface area contributed by atoms with Gasteiger partial charge >= 0.3 is 0 Å². The molecule has 0 bridgehead atoms. The molecule has 1 aliphatic rings. The number of aryl methyl sites for hydroxylation is 2. The van der Waals surface area contributed by atoms with E-state index < -0.39 is 0 Å². The molecule has 1 aliphatic heterocycles. The molecule has 7 aromatic rings. The molecule has 3 heterocycles. The molecule has 296 valence electrons. The average Bonchev–Trinajstić information content (AvgIpc) is 3.87. The standard InChI is InChI=1S/C49H51N6O.Pt/c1-32-16-14-17-33(2)45(32)53-30-50-51-46(53)55-42-21-13-12-20-40(42)41-23-22-38(28-43(41)55)56-39-26-35(48(6,7)8)25-37(27-39)54-31-52(29-44(54)49(9,10)11)36-19-15-18-34(24-36)47(3,4)5;/h12-26,29-31H,1-11H3;/q-3;. The quantitative estimate of drug-likeness (QED) is 0.156. The number of benzene rings is 5. The van der Waals surface area contributed by atoms with E-state index in [1.54, 1.807) is 6.33 Å². The van der Waals surface area contributed by atoms with Gasteiger partial charge in [0.1, 0.15) is 6.33 Å². The monoisotopic (exact) mass is 934 g/mol. The number of para-hydroxylation sites is 2. The third kappa shape index (κ3) is 7.55. The Morgan fingerprint density at radius 3 is 2.07 bits per heavy atom. The summed E-state index contributed by atoms with van der Waals surface area (Å²) < 4.78 is 11.0. The number of ether oxygens (including phenoxy) is 1. The summed E-state index contributed by atoms with van der Waals surface area (Å²) in [5.41, 5.74) is 10.6. The number of hydrogen-bond acceptors (Lipinski definition) is 5. The van der Waals surface area contributed by atoms with Gasteiger partial charge in [-0.2, -0.15) is 6.07 Å². The first-order valence-corrected chi connectivity index (χ1v) is 19.4. The third-order valence-electron chi connectivity index (χ3n) is 10.7. The maximum absolute atomic E-state index is 6.79. The van der Waals surface area contributed by atoms with Gasteiger partial charge in [-0.25, -0.2) is 0 Å². The average molecular weight is 935 g/mol. The number of aromatic nitrogens is 4. The normalized spacial score (nSPS) is 13.7. The van der Waals surface area contributed by atoms with Crippen LogP contribution in [0.2, 0.25) is 0 Å². The van der Waals surface area contributed by atoms with Crippen LogP contribution in [-0.4, -0.2) is 19.3 Å². The number of hydrogen-bond donors (Lipinski definition) is 0. The molecule has 0 amide bonds. The van der Waals surface area contributed by atoms with Gasteiger partial charge in [-0.15, -0.1) is 63.8 Å². The summed E-state index contributed by atoms with van der Waals surface area (Å²) in [7, 11) is 0. The first-order chi connectivity index (χ1) is 26.5. The second-order valence-electron chi connectivity index (χ2n) is 18.1. The molecule has 57 heavy (non-hydrogen) atoms. The van der Waals surface area contributed by atoms with Gasteiger partial charge in [0.05, 0.1) is 5.69 Å². The van der Waals surface area contributed by atoms with Gasteiger partial charge in [-0.1, -0.05) is 116 Å². The topological polar surface area (TPSA) is 51.4 Å². The molecule has 0 N–H and O–H groups in total. The van der Waals surface area contributed by atoms with Gasteiger partial charge in [-0.05, 0) is 71.2 Å². The van der Waals surface area contributed by atoms with E-state index in [0.29, 0.717) is 17.4 Å². The van der Waals surface area contributed by atoms with E-state index >= 15 is 0 Å². The Morgan fingerprint density at radius 2 is 1.37 bits per heavy atom. The molecule has 7 nitrogen and oxygen atoms in total. The van der Waals surface area contributed by atoms with Gasteiger partial charge < -0.3 is 19.1 Å². The van der Waals surface area contributed by atoms with Crippen LogP contribution in [0, 0.1) is 38.1 Å². The summed E-state index contributed by atoms with van der Waals surface area (Å²) in [6, 6.07) is 39.3. The number of nitrogens with zero attached hydrogens (tertiary/aromatic N) is 6. The minimum absolute atomic E-state index is 0. The van der Waals surface area contributed by atoms with Crippen molar-refractivity contribution in [1.82, 2.24) is 19.3 Å². The summed E-state index contributed by atoms with van der Waals surface area (Å²) in [5, 5.41) is 11.3. The largest absolute Gasteiger partial charge is 0.509 e. The molecule has 0 fully saturated rings. The van der Waals surface area contributed by atoms with Crippen LogP contribution < -0.4 is 14.5 Å². The summed E-state index contributed by atoms with van der Waals surface area (Å²) in [6.07, 6.45) is 4.04. The van der Waals surface area contributed by atoms with E-state index in [2.05, 4.69) is 215 Å². The second-order valence-corrected chi connectivity index (χ2v) is 18.1. The van der Waals surface area contributed by atoms with Gasteiger partial charge in [0.15, 0.2) is 0 Å². The van der Waals surface area contributed by atoms with Crippen LogP contribution in [0.15, 0.2) is 109 Å². The summed E-state index contributed by atoms with van der Waals surface area (Å²) >= 11 is 0. The fraction of sp³-hybridized carbons (Fsp3) is 0.286. The third-order valence-corrected chi connectivity index (χ3v) is 10.7. The van der Waals surface area contributed by atoms with Crippen LogP contribution in [0.25, 0.3) is 33.4 Å². The summed E-state index contributed by atoms with van der Waals surface area (Å²) in [5.74, 6) is 1.90. The van der Waals surface area contributed by atoms with Gasteiger partial charge in [0.2, 0.25) is 5.95 Å². The molecule has 0 unspecified atom stereocenters. The van der Waals surface area contributed by atoms with E-state index in [9.17, 15) is 0 Å². The van der Waals surface area contributed by atoms with Crippen molar-refractivity contribution in [3.05, 3.63) is 150 Å². The van der Waals surface area contributed by atoms with Crippen LogP contribution >= 0.6 is 0 Å². The van der Waals surface area contributed by atoms with Crippen molar-refractivity contribution in [3.63, 3.8) is 0 Å². The van der Waals surface area contributed by atoms with Gasteiger partial charge in [0.25, 0.3) is 0 Å². The predicted octanol–water partition coefficient (Wildman–Crippen LogP) is 12.3. The Hall–Kier alpha value is -5.13. The van der Waals surface area contributed by atoms with Crippen molar-refractivity contribution in [2.75, 3.05) is 9.80 Å². The summed E-state index contributed by atoms with van der Waals surface area (Å²) in [4.78, 5) is 4.49.